The number of anilines is 1. The first kappa shape index (κ1) is 24.4. The number of amides is 3. The molecule has 0 heterocycles. The SMILES string of the molecule is CC(C)(C)OC(=O)NCC(=O)Nc1ccccc1CNC(=O)CCc1ccc(Br)cc1. The molecule has 31 heavy (non-hydrogen) atoms. The summed E-state index contributed by atoms with van der Waals surface area (Å²) in [6, 6.07) is 15.0. The van der Waals surface area contributed by atoms with Crippen molar-refractivity contribution in [1.82, 2.24) is 10.6 Å². The molecule has 0 bridgehead atoms. The fourth-order valence-electron chi connectivity index (χ4n) is 2.65. The molecule has 2 aromatic carbocycles. The van der Waals surface area contributed by atoms with Crippen LogP contribution in [0.3, 0.4) is 0 Å². The number of rotatable bonds is 8. The molecular formula is C23H28BrN3O4. The van der Waals surface area contributed by atoms with Crippen LogP contribution in [-0.4, -0.2) is 30.1 Å². The Balaban J connectivity index is 1.81. The van der Waals surface area contributed by atoms with Crippen molar-refractivity contribution in [3.05, 3.63) is 64.1 Å². The Hall–Kier alpha value is -2.87. The van der Waals surface area contributed by atoms with Gasteiger partial charge in [0.2, 0.25) is 11.8 Å². The molecule has 0 aliphatic heterocycles. The highest BCUT2D eigenvalue weighted by molar-refractivity contribution is 9.10. The van der Waals surface area contributed by atoms with Crippen molar-refractivity contribution in [3.63, 3.8) is 0 Å². The molecule has 0 aromatic heterocycles. The summed E-state index contributed by atoms with van der Waals surface area (Å²) in [7, 11) is 0. The fraction of sp³-hybridized carbons (Fsp3) is 0.348. The van der Waals surface area contributed by atoms with E-state index in [4.69, 9.17) is 4.74 Å². The van der Waals surface area contributed by atoms with E-state index in [9.17, 15) is 14.4 Å². The minimum Gasteiger partial charge on any atom is -0.444 e. The van der Waals surface area contributed by atoms with E-state index in [1.54, 1.807) is 32.9 Å². The summed E-state index contributed by atoms with van der Waals surface area (Å²) in [5.41, 5.74) is 1.79. The second-order valence-electron chi connectivity index (χ2n) is 7.96. The van der Waals surface area contributed by atoms with Crippen molar-refractivity contribution in [3.8, 4) is 0 Å². The standard InChI is InChI=1S/C23H28BrN3O4/c1-23(2,3)31-22(30)26-15-21(29)27-19-7-5-4-6-17(19)14-25-20(28)13-10-16-8-11-18(24)12-9-16/h4-9,11-12H,10,13-15H2,1-3H3,(H,25,28)(H,26,30)(H,27,29). The zero-order valence-corrected chi connectivity index (χ0v) is 19.5. The number of para-hydroxylation sites is 1. The van der Waals surface area contributed by atoms with E-state index in [0.29, 0.717) is 18.5 Å². The van der Waals surface area contributed by atoms with Gasteiger partial charge in [-0.3, -0.25) is 9.59 Å². The summed E-state index contributed by atoms with van der Waals surface area (Å²) in [6.45, 7) is 5.31. The van der Waals surface area contributed by atoms with E-state index in [1.165, 1.54) is 0 Å². The number of hydrogen-bond donors (Lipinski definition) is 3. The Bertz CT molecular complexity index is 908. The Morgan fingerprint density at radius 3 is 2.29 bits per heavy atom. The van der Waals surface area contributed by atoms with Gasteiger partial charge in [-0.1, -0.05) is 46.3 Å². The lowest BCUT2D eigenvalue weighted by Gasteiger charge is -2.19. The molecule has 0 saturated heterocycles. The van der Waals surface area contributed by atoms with E-state index >= 15 is 0 Å². The average Bonchev–Trinajstić information content (AvgIpc) is 2.70. The highest BCUT2D eigenvalue weighted by Crippen LogP contribution is 2.15. The topological polar surface area (TPSA) is 96.5 Å². The normalized spacial score (nSPS) is 10.8. The molecule has 0 unspecified atom stereocenters. The molecule has 0 spiro atoms. The number of hydrogen-bond acceptors (Lipinski definition) is 4. The van der Waals surface area contributed by atoms with Crippen LogP contribution in [0.25, 0.3) is 0 Å². The maximum Gasteiger partial charge on any atom is 0.408 e. The first-order valence-electron chi connectivity index (χ1n) is 9.98. The molecule has 2 rings (SSSR count). The third kappa shape index (κ3) is 9.65. The molecule has 0 aliphatic rings. The number of aryl methyl sites for hydroxylation is 1. The lowest BCUT2D eigenvalue weighted by atomic mass is 10.1. The van der Waals surface area contributed by atoms with Gasteiger partial charge in [0, 0.05) is 23.1 Å². The van der Waals surface area contributed by atoms with Crippen LogP contribution in [0.15, 0.2) is 53.0 Å². The van der Waals surface area contributed by atoms with E-state index in [0.717, 1.165) is 15.6 Å². The molecule has 166 valence electrons. The monoisotopic (exact) mass is 489 g/mol. The zero-order valence-electron chi connectivity index (χ0n) is 18.0. The van der Waals surface area contributed by atoms with E-state index in [2.05, 4.69) is 31.9 Å². The second kappa shape index (κ2) is 11.5. The highest BCUT2D eigenvalue weighted by Gasteiger charge is 2.17. The van der Waals surface area contributed by atoms with Crippen LogP contribution in [0.2, 0.25) is 0 Å². The molecule has 0 aliphatic carbocycles. The van der Waals surface area contributed by atoms with Crippen LogP contribution < -0.4 is 16.0 Å². The van der Waals surface area contributed by atoms with E-state index in [-0.39, 0.29) is 24.9 Å². The molecule has 0 radical (unpaired) electrons. The third-order valence-electron chi connectivity index (χ3n) is 4.11. The lowest BCUT2D eigenvalue weighted by Crippen LogP contribution is -2.37. The summed E-state index contributed by atoms with van der Waals surface area (Å²) in [5.74, 6) is -0.462. The number of carbonyl (C=O) groups is 3. The van der Waals surface area contributed by atoms with Gasteiger partial charge in [0.05, 0.1) is 0 Å². The maximum atomic E-state index is 12.2. The highest BCUT2D eigenvalue weighted by atomic mass is 79.9. The molecule has 0 atom stereocenters. The largest absolute Gasteiger partial charge is 0.444 e. The Morgan fingerprint density at radius 2 is 1.61 bits per heavy atom. The molecule has 3 N–H and O–H groups in total. The minimum absolute atomic E-state index is 0.0735. The van der Waals surface area contributed by atoms with Gasteiger partial charge in [-0.15, -0.1) is 0 Å². The molecule has 2 aromatic rings. The summed E-state index contributed by atoms with van der Waals surface area (Å²) >= 11 is 3.39. The van der Waals surface area contributed by atoms with E-state index in [1.807, 2.05) is 36.4 Å². The first-order valence-corrected chi connectivity index (χ1v) is 10.8. The van der Waals surface area contributed by atoms with Gasteiger partial charge in [-0.25, -0.2) is 4.79 Å². The number of alkyl carbamates (subject to hydrolysis) is 1. The maximum absolute atomic E-state index is 12.2. The number of ether oxygens (including phenoxy) is 1. The van der Waals surface area contributed by atoms with Crippen molar-refractivity contribution in [2.24, 2.45) is 0 Å². The summed E-state index contributed by atoms with van der Waals surface area (Å²) in [5, 5.41) is 8.05. The molecular weight excluding hydrogens is 462 g/mol. The van der Waals surface area contributed by atoms with E-state index < -0.39 is 11.7 Å². The summed E-state index contributed by atoms with van der Waals surface area (Å²) in [6.07, 6.45) is 0.359. The lowest BCUT2D eigenvalue weighted by molar-refractivity contribution is -0.121. The zero-order chi connectivity index (χ0) is 22.9. The van der Waals surface area contributed by atoms with Crippen molar-refractivity contribution in [1.29, 1.82) is 0 Å². The van der Waals surface area contributed by atoms with Gasteiger partial charge in [-0.05, 0) is 56.5 Å². The van der Waals surface area contributed by atoms with Crippen molar-refractivity contribution in [2.75, 3.05) is 11.9 Å². The van der Waals surface area contributed by atoms with Gasteiger partial charge >= 0.3 is 6.09 Å². The fourth-order valence-corrected chi connectivity index (χ4v) is 2.91. The smallest absolute Gasteiger partial charge is 0.408 e. The van der Waals surface area contributed by atoms with Crippen LogP contribution in [0.1, 0.15) is 38.3 Å². The predicted octanol–water partition coefficient (Wildman–Crippen LogP) is 4.16. The Labute approximate surface area is 191 Å². The van der Waals surface area contributed by atoms with Crippen LogP contribution >= 0.6 is 15.9 Å². The quantitative estimate of drug-likeness (QED) is 0.518. The number of benzene rings is 2. The second-order valence-corrected chi connectivity index (χ2v) is 8.88. The third-order valence-corrected chi connectivity index (χ3v) is 4.64. The van der Waals surface area contributed by atoms with Crippen molar-refractivity contribution < 1.29 is 19.1 Å². The number of carbonyl (C=O) groups excluding carboxylic acids is 3. The van der Waals surface area contributed by atoms with Gasteiger partial charge in [0.25, 0.3) is 0 Å². The Kier molecular flexibility index (Phi) is 9.05. The van der Waals surface area contributed by atoms with Crippen LogP contribution in [0.5, 0.6) is 0 Å². The average molecular weight is 490 g/mol. The molecule has 7 nitrogen and oxygen atoms in total. The van der Waals surface area contributed by atoms with Crippen LogP contribution in [-0.2, 0) is 27.3 Å². The van der Waals surface area contributed by atoms with Crippen molar-refractivity contribution in [2.45, 2.75) is 45.8 Å². The van der Waals surface area contributed by atoms with Crippen molar-refractivity contribution >= 4 is 39.5 Å². The molecule has 0 saturated carbocycles. The molecule has 0 fully saturated rings. The van der Waals surface area contributed by atoms with Gasteiger partial charge in [-0.2, -0.15) is 0 Å². The van der Waals surface area contributed by atoms with Crippen LogP contribution in [0.4, 0.5) is 10.5 Å². The summed E-state index contributed by atoms with van der Waals surface area (Å²) < 4.78 is 6.11. The Morgan fingerprint density at radius 1 is 0.935 bits per heavy atom. The predicted molar refractivity (Wildman–Crippen MR) is 124 cm³/mol. The first-order chi connectivity index (χ1) is 14.6. The minimum atomic E-state index is -0.658. The van der Waals surface area contributed by atoms with Gasteiger partial charge in [0.1, 0.15) is 12.1 Å². The number of halogens is 1. The number of nitrogens with one attached hydrogen (secondary N) is 3. The van der Waals surface area contributed by atoms with Gasteiger partial charge in [0.15, 0.2) is 0 Å². The van der Waals surface area contributed by atoms with Crippen LogP contribution in [0, 0.1) is 0 Å². The molecule has 3 amide bonds. The van der Waals surface area contributed by atoms with Gasteiger partial charge < -0.3 is 20.7 Å². The summed E-state index contributed by atoms with van der Waals surface area (Å²) in [4.78, 5) is 36.1. The molecule has 8 heteroatoms.